The number of rotatable bonds is 5. The largest absolute Gasteiger partial charge is 0.458 e. The van der Waals surface area contributed by atoms with Crippen LogP contribution in [0.25, 0.3) is 43.7 Å². The molecule has 6 aromatic rings. The van der Waals surface area contributed by atoms with Crippen LogP contribution in [0.4, 0.5) is 10.2 Å². The Morgan fingerprint density at radius 2 is 1.95 bits per heavy atom. The Kier molecular flexibility index (Phi) is 5.54. The molecule has 0 spiro atoms. The number of nitrogens with two attached hydrogens (primary N) is 2. The summed E-state index contributed by atoms with van der Waals surface area (Å²) in [5.74, 6) is 0.159. The highest BCUT2D eigenvalue weighted by Crippen LogP contribution is 2.38. The van der Waals surface area contributed by atoms with Crippen LogP contribution in [-0.4, -0.2) is 19.7 Å². The summed E-state index contributed by atoms with van der Waals surface area (Å²) >= 11 is 1.51. The van der Waals surface area contributed by atoms with Crippen molar-refractivity contribution in [3.8, 4) is 21.7 Å². The monoisotopic (exact) mass is 512 g/mol. The van der Waals surface area contributed by atoms with Crippen molar-refractivity contribution < 1.29 is 8.81 Å². The van der Waals surface area contributed by atoms with E-state index in [2.05, 4.69) is 9.97 Å². The first-order valence-corrected chi connectivity index (χ1v) is 12.4. The lowest BCUT2D eigenvalue weighted by molar-refractivity contribution is 0.446. The summed E-state index contributed by atoms with van der Waals surface area (Å²) in [6.07, 6.45) is 1.37. The Hall–Kier alpha value is -4.41. The minimum Gasteiger partial charge on any atom is -0.458 e. The molecule has 2 aromatic carbocycles. The van der Waals surface area contributed by atoms with E-state index in [1.165, 1.54) is 29.8 Å². The van der Waals surface area contributed by atoms with Gasteiger partial charge in [0.15, 0.2) is 5.65 Å². The maximum absolute atomic E-state index is 14.2. The molecule has 0 aliphatic carbocycles. The number of halogens is 1. The van der Waals surface area contributed by atoms with Crippen LogP contribution in [0, 0.1) is 5.82 Å². The third-order valence-corrected chi connectivity index (χ3v) is 7.41. The van der Waals surface area contributed by atoms with Gasteiger partial charge < -0.3 is 15.9 Å². The lowest BCUT2D eigenvalue weighted by Crippen LogP contribution is -2.16. The number of para-hydroxylation sites is 1. The Balaban J connectivity index is 1.63. The summed E-state index contributed by atoms with van der Waals surface area (Å²) in [5, 5.41) is 5.87. The number of thiophene rings is 1. The molecule has 37 heavy (non-hydrogen) atoms. The zero-order chi connectivity index (χ0) is 25.7. The van der Waals surface area contributed by atoms with Crippen LogP contribution in [0.5, 0.6) is 0 Å². The van der Waals surface area contributed by atoms with Gasteiger partial charge in [-0.2, -0.15) is 5.10 Å². The summed E-state index contributed by atoms with van der Waals surface area (Å²) in [4.78, 5) is 24.2. The summed E-state index contributed by atoms with van der Waals surface area (Å²) in [5.41, 5.74) is 14.0. The first kappa shape index (κ1) is 23.0. The van der Waals surface area contributed by atoms with Gasteiger partial charge in [0.05, 0.1) is 21.2 Å². The molecule has 4 N–H and O–H groups in total. The highest BCUT2D eigenvalue weighted by Gasteiger charge is 2.27. The summed E-state index contributed by atoms with van der Waals surface area (Å²) in [6, 6.07) is 16.2. The third kappa shape index (κ3) is 3.78. The smallest absolute Gasteiger partial charge is 0.200 e. The first-order valence-electron chi connectivity index (χ1n) is 11.6. The average molecular weight is 513 g/mol. The molecular formula is C27H21FN6O2S. The Bertz CT molecular complexity index is 1860. The number of fused-ring (bicyclic) bond motifs is 2. The van der Waals surface area contributed by atoms with Crippen molar-refractivity contribution in [1.29, 1.82) is 0 Å². The second-order valence-corrected chi connectivity index (χ2v) is 9.74. The van der Waals surface area contributed by atoms with Crippen molar-refractivity contribution in [3.05, 3.63) is 93.7 Å². The molecule has 1 unspecified atom stereocenters. The molecule has 184 valence electrons. The third-order valence-electron chi connectivity index (χ3n) is 6.30. The van der Waals surface area contributed by atoms with Gasteiger partial charge in [0, 0.05) is 11.4 Å². The summed E-state index contributed by atoms with van der Waals surface area (Å²) < 4.78 is 22.2. The van der Waals surface area contributed by atoms with Crippen molar-refractivity contribution in [1.82, 2.24) is 19.7 Å². The molecule has 0 amide bonds. The number of hydrogen-bond donors (Lipinski definition) is 2. The summed E-state index contributed by atoms with van der Waals surface area (Å²) in [6.45, 7) is 2.26. The molecule has 0 fully saturated rings. The minimum absolute atomic E-state index is 0.258. The van der Waals surface area contributed by atoms with Crippen molar-refractivity contribution >= 4 is 39.2 Å². The molecule has 0 aliphatic rings. The standard InChI is InChI=1S/C27H21FN6O2S/c1-14(34-27-22(26(30)31-13-32-27)23(33-34)20-10-9-17(12-29)37-20)25-21(15-5-4-6-16(28)11-15)24(35)18-7-2-3-8-19(18)36-25/h2-11,13-14H,12,29H2,1H3,(H2,30,31,32). The maximum atomic E-state index is 14.2. The highest BCUT2D eigenvalue weighted by atomic mass is 32.1. The second kappa shape index (κ2) is 8.91. The Morgan fingerprint density at radius 1 is 1.11 bits per heavy atom. The normalized spacial score (nSPS) is 12.4. The van der Waals surface area contributed by atoms with Gasteiger partial charge in [-0.3, -0.25) is 4.79 Å². The fourth-order valence-corrected chi connectivity index (χ4v) is 5.41. The lowest BCUT2D eigenvalue weighted by atomic mass is 9.99. The number of nitrogen functional groups attached to an aromatic ring is 1. The SMILES string of the molecule is CC(c1oc2ccccc2c(=O)c1-c1cccc(F)c1)n1nc(-c2ccc(CN)s2)c2c(N)ncnc21. The van der Waals surface area contributed by atoms with Gasteiger partial charge in [-0.05, 0) is 48.9 Å². The van der Waals surface area contributed by atoms with E-state index in [-0.39, 0.29) is 16.8 Å². The van der Waals surface area contributed by atoms with Crippen LogP contribution >= 0.6 is 11.3 Å². The van der Waals surface area contributed by atoms with E-state index >= 15 is 0 Å². The number of benzene rings is 2. The highest BCUT2D eigenvalue weighted by molar-refractivity contribution is 7.15. The van der Waals surface area contributed by atoms with Crippen LogP contribution in [-0.2, 0) is 6.54 Å². The second-order valence-electron chi connectivity index (χ2n) is 8.57. The van der Waals surface area contributed by atoms with Gasteiger partial charge >= 0.3 is 0 Å². The molecule has 8 nitrogen and oxygen atoms in total. The molecule has 0 saturated heterocycles. The van der Waals surface area contributed by atoms with Crippen LogP contribution in [0.1, 0.15) is 23.6 Å². The van der Waals surface area contributed by atoms with E-state index in [0.717, 1.165) is 9.75 Å². The predicted molar refractivity (Wildman–Crippen MR) is 143 cm³/mol. The molecule has 0 aliphatic heterocycles. The van der Waals surface area contributed by atoms with Crippen molar-refractivity contribution in [2.75, 3.05) is 5.73 Å². The molecule has 4 heterocycles. The molecule has 4 aromatic heterocycles. The minimum atomic E-state index is -0.602. The summed E-state index contributed by atoms with van der Waals surface area (Å²) in [7, 11) is 0. The van der Waals surface area contributed by atoms with Crippen molar-refractivity contribution in [2.24, 2.45) is 5.73 Å². The number of aromatic nitrogens is 4. The van der Waals surface area contributed by atoms with Gasteiger partial charge in [-0.1, -0.05) is 24.3 Å². The van der Waals surface area contributed by atoms with Crippen LogP contribution in [0.3, 0.4) is 0 Å². The van der Waals surface area contributed by atoms with Gasteiger partial charge in [-0.25, -0.2) is 19.0 Å². The number of hydrogen-bond acceptors (Lipinski definition) is 8. The Morgan fingerprint density at radius 3 is 2.73 bits per heavy atom. The van der Waals surface area contributed by atoms with E-state index in [1.54, 1.807) is 41.1 Å². The van der Waals surface area contributed by atoms with Crippen LogP contribution < -0.4 is 16.9 Å². The van der Waals surface area contributed by atoms with E-state index < -0.39 is 11.9 Å². The Labute approximate surface area is 214 Å². The zero-order valence-corrected chi connectivity index (χ0v) is 20.5. The lowest BCUT2D eigenvalue weighted by Gasteiger charge is -2.17. The van der Waals surface area contributed by atoms with Crippen molar-refractivity contribution in [2.45, 2.75) is 19.5 Å². The van der Waals surface area contributed by atoms with Crippen molar-refractivity contribution in [3.63, 3.8) is 0 Å². The van der Waals surface area contributed by atoms with Gasteiger partial charge in [0.25, 0.3) is 0 Å². The van der Waals surface area contributed by atoms with E-state index in [9.17, 15) is 9.18 Å². The molecule has 1 atom stereocenters. The van der Waals surface area contributed by atoms with E-state index in [4.69, 9.17) is 21.0 Å². The predicted octanol–water partition coefficient (Wildman–Crippen LogP) is 5.12. The average Bonchev–Trinajstić information content (AvgIpc) is 3.54. The van der Waals surface area contributed by atoms with Crippen LogP contribution in [0.2, 0.25) is 0 Å². The van der Waals surface area contributed by atoms with Gasteiger partial charge in [0.1, 0.15) is 41.0 Å². The molecule has 0 saturated carbocycles. The quantitative estimate of drug-likeness (QED) is 0.328. The van der Waals surface area contributed by atoms with Gasteiger partial charge in [0.2, 0.25) is 5.43 Å². The molecule has 0 bridgehead atoms. The maximum Gasteiger partial charge on any atom is 0.200 e. The molecule has 0 radical (unpaired) electrons. The molecule has 6 rings (SSSR count). The topological polar surface area (TPSA) is 126 Å². The number of nitrogens with zero attached hydrogens (tertiary/aromatic N) is 4. The van der Waals surface area contributed by atoms with Gasteiger partial charge in [-0.15, -0.1) is 11.3 Å². The molecule has 10 heteroatoms. The molecular weight excluding hydrogens is 491 g/mol. The fourth-order valence-electron chi connectivity index (χ4n) is 4.53. The van der Waals surface area contributed by atoms with E-state index in [0.29, 0.717) is 45.6 Å². The first-order chi connectivity index (χ1) is 18.0. The van der Waals surface area contributed by atoms with E-state index in [1.807, 2.05) is 19.1 Å². The zero-order valence-electron chi connectivity index (χ0n) is 19.7. The fraction of sp³-hybridized carbons (Fsp3) is 0.111. The number of anilines is 1. The van der Waals surface area contributed by atoms with Crippen LogP contribution in [0.15, 0.2) is 76.2 Å².